The average molecular weight is 176 g/mol. The van der Waals surface area contributed by atoms with Gasteiger partial charge in [-0.2, -0.15) is 0 Å². The van der Waals surface area contributed by atoms with Gasteiger partial charge >= 0.3 is 5.97 Å². The second kappa shape index (κ2) is 3.85. The number of esters is 1. The first-order chi connectivity index (χ1) is 5.65. The molecule has 0 aliphatic heterocycles. The Labute approximate surface area is 70.5 Å². The molecule has 1 saturated carbocycles. The third-order valence-corrected chi connectivity index (χ3v) is 2.27. The number of halogens is 1. The maximum absolute atomic E-state index is 12.9. The van der Waals surface area contributed by atoms with Crippen molar-refractivity contribution in [1.29, 1.82) is 0 Å². The summed E-state index contributed by atoms with van der Waals surface area (Å²) in [5, 5.41) is 9.02. The Bertz CT molecular complexity index is 172. The van der Waals surface area contributed by atoms with Crippen LogP contribution in [0.2, 0.25) is 0 Å². The van der Waals surface area contributed by atoms with Gasteiger partial charge in [-0.3, -0.25) is 4.79 Å². The highest BCUT2D eigenvalue weighted by molar-refractivity contribution is 5.72. The van der Waals surface area contributed by atoms with Gasteiger partial charge in [0.25, 0.3) is 0 Å². The third kappa shape index (κ3) is 1.94. The zero-order valence-electron chi connectivity index (χ0n) is 7.00. The van der Waals surface area contributed by atoms with Gasteiger partial charge in [0.15, 0.2) is 0 Å². The number of hydrogen-bond donors (Lipinski definition) is 1. The smallest absolute Gasteiger partial charge is 0.308 e. The van der Waals surface area contributed by atoms with E-state index in [-0.39, 0.29) is 18.3 Å². The van der Waals surface area contributed by atoms with Crippen LogP contribution in [0.5, 0.6) is 0 Å². The predicted octanol–water partition coefficient (Wildman–Crippen LogP) is 0.658. The van der Waals surface area contributed by atoms with Crippen molar-refractivity contribution in [3.8, 4) is 0 Å². The van der Waals surface area contributed by atoms with Gasteiger partial charge in [-0.25, -0.2) is 4.39 Å². The molecule has 3 atom stereocenters. The molecular formula is C8H13FO3. The van der Waals surface area contributed by atoms with E-state index in [0.717, 1.165) is 0 Å². The fourth-order valence-electron chi connectivity index (χ4n) is 1.48. The molecule has 1 aliphatic carbocycles. The third-order valence-electron chi connectivity index (χ3n) is 2.27. The Morgan fingerprint density at radius 1 is 1.58 bits per heavy atom. The normalized spacial score (nSPS) is 36.1. The second-order valence-corrected chi connectivity index (χ2v) is 3.12. The maximum Gasteiger partial charge on any atom is 0.308 e. The summed E-state index contributed by atoms with van der Waals surface area (Å²) in [5.41, 5.74) is 0. The van der Waals surface area contributed by atoms with Crippen molar-refractivity contribution >= 4 is 5.97 Å². The molecule has 0 radical (unpaired) electrons. The minimum Gasteiger partial charge on any atom is -0.469 e. The number of alkyl halides is 1. The Hall–Kier alpha value is -0.640. The van der Waals surface area contributed by atoms with E-state index in [1.165, 1.54) is 7.11 Å². The number of ether oxygens (including phenoxy) is 1. The summed E-state index contributed by atoms with van der Waals surface area (Å²) in [6, 6.07) is 0. The zero-order valence-corrected chi connectivity index (χ0v) is 7.00. The van der Waals surface area contributed by atoms with Crippen molar-refractivity contribution in [3.05, 3.63) is 0 Å². The van der Waals surface area contributed by atoms with Crippen molar-refractivity contribution < 1.29 is 19.0 Å². The summed E-state index contributed by atoms with van der Waals surface area (Å²) >= 11 is 0. The van der Waals surface area contributed by atoms with Gasteiger partial charge < -0.3 is 9.84 Å². The van der Waals surface area contributed by atoms with Crippen molar-refractivity contribution in [1.82, 2.24) is 0 Å². The molecule has 0 heterocycles. The van der Waals surface area contributed by atoms with Crippen LogP contribution in [0.1, 0.15) is 19.3 Å². The molecule has 0 aromatic heterocycles. The van der Waals surface area contributed by atoms with E-state index in [1.807, 2.05) is 0 Å². The van der Waals surface area contributed by atoms with Gasteiger partial charge in [-0.1, -0.05) is 0 Å². The molecule has 12 heavy (non-hydrogen) atoms. The molecule has 1 fully saturated rings. The Kier molecular flexibility index (Phi) is 3.03. The lowest BCUT2D eigenvalue weighted by molar-refractivity contribution is -0.148. The van der Waals surface area contributed by atoms with Crippen LogP contribution >= 0.6 is 0 Å². The molecule has 1 unspecified atom stereocenters. The fraction of sp³-hybridized carbons (Fsp3) is 0.875. The van der Waals surface area contributed by atoms with Crippen molar-refractivity contribution in [3.63, 3.8) is 0 Å². The largest absolute Gasteiger partial charge is 0.469 e. The molecule has 0 saturated heterocycles. The number of aliphatic hydroxyl groups is 1. The number of rotatable bonds is 1. The van der Waals surface area contributed by atoms with Crippen molar-refractivity contribution in [2.24, 2.45) is 5.92 Å². The second-order valence-electron chi connectivity index (χ2n) is 3.12. The van der Waals surface area contributed by atoms with E-state index < -0.39 is 12.3 Å². The highest BCUT2D eigenvalue weighted by Crippen LogP contribution is 2.27. The first-order valence-electron chi connectivity index (χ1n) is 4.05. The molecule has 1 rings (SSSR count). The molecule has 1 N–H and O–H groups in total. The van der Waals surface area contributed by atoms with Crippen LogP contribution in [0, 0.1) is 5.92 Å². The van der Waals surface area contributed by atoms with Gasteiger partial charge in [-0.15, -0.1) is 0 Å². The van der Waals surface area contributed by atoms with E-state index in [4.69, 9.17) is 5.11 Å². The van der Waals surface area contributed by atoms with Crippen LogP contribution < -0.4 is 0 Å². The first-order valence-corrected chi connectivity index (χ1v) is 4.05. The first kappa shape index (κ1) is 9.45. The molecule has 0 aromatic carbocycles. The SMILES string of the molecule is COC(=O)[C@H]1CCC(O)[C@H](F)C1. The number of aliphatic hydroxyl groups excluding tert-OH is 1. The lowest BCUT2D eigenvalue weighted by Crippen LogP contribution is -2.34. The maximum atomic E-state index is 12.9. The molecule has 70 valence electrons. The van der Waals surface area contributed by atoms with Crippen molar-refractivity contribution in [2.75, 3.05) is 7.11 Å². The monoisotopic (exact) mass is 176 g/mol. The van der Waals surface area contributed by atoms with E-state index in [9.17, 15) is 9.18 Å². The van der Waals surface area contributed by atoms with Gasteiger partial charge in [0.1, 0.15) is 6.17 Å². The molecule has 4 heteroatoms. The summed E-state index contributed by atoms with van der Waals surface area (Å²) in [4.78, 5) is 10.9. The highest BCUT2D eigenvalue weighted by Gasteiger charge is 2.33. The average Bonchev–Trinajstić information content (AvgIpc) is 2.08. The summed E-state index contributed by atoms with van der Waals surface area (Å²) in [7, 11) is 1.29. The fourth-order valence-corrected chi connectivity index (χ4v) is 1.48. The van der Waals surface area contributed by atoms with Gasteiger partial charge in [0.05, 0.1) is 19.1 Å². The molecule has 0 bridgehead atoms. The van der Waals surface area contributed by atoms with E-state index in [2.05, 4.69) is 4.74 Å². The summed E-state index contributed by atoms with van der Waals surface area (Å²) in [5.74, 6) is -0.738. The topological polar surface area (TPSA) is 46.5 Å². The quantitative estimate of drug-likeness (QED) is 0.597. The van der Waals surface area contributed by atoms with E-state index in [1.54, 1.807) is 0 Å². The molecule has 3 nitrogen and oxygen atoms in total. The van der Waals surface area contributed by atoms with Gasteiger partial charge in [0.2, 0.25) is 0 Å². The standard InChI is InChI=1S/C8H13FO3/c1-12-8(11)5-2-3-7(10)6(9)4-5/h5-7,10H,2-4H2,1H3/t5-,6+,7?/m0/s1. The van der Waals surface area contributed by atoms with Crippen LogP contribution in [-0.2, 0) is 9.53 Å². The number of hydrogen-bond acceptors (Lipinski definition) is 3. The molecule has 0 amide bonds. The summed E-state index contributed by atoms with van der Waals surface area (Å²) < 4.78 is 17.4. The molecule has 0 spiro atoms. The highest BCUT2D eigenvalue weighted by atomic mass is 19.1. The molecule has 1 aliphatic rings. The Balaban J connectivity index is 2.45. The van der Waals surface area contributed by atoms with Crippen LogP contribution in [0.3, 0.4) is 0 Å². The van der Waals surface area contributed by atoms with Gasteiger partial charge in [-0.05, 0) is 19.3 Å². The van der Waals surface area contributed by atoms with Gasteiger partial charge in [0, 0.05) is 0 Å². The lowest BCUT2D eigenvalue weighted by Gasteiger charge is -2.26. The van der Waals surface area contributed by atoms with E-state index >= 15 is 0 Å². The number of methoxy groups -OCH3 is 1. The number of carbonyl (C=O) groups excluding carboxylic acids is 1. The molecular weight excluding hydrogens is 163 g/mol. The van der Waals surface area contributed by atoms with E-state index in [0.29, 0.717) is 12.8 Å². The summed E-state index contributed by atoms with van der Waals surface area (Å²) in [6.45, 7) is 0. The zero-order chi connectivity index (χ0) is 9.14. The lowest BCUT2D eigenvalue weighted by atomic mass is 9.86. The van der Waals surface area contributed by atoms with Crippen molar-refractivity contribution in [2.45, 2.75) is 31.5 Å². The minimum absolute atomic E-state index is 0.0911. The van der Waals surface area contributed by atoms with Crippen LogP contribution in [0.4, 0.5) is 4.39 Å². The summed E-state index contributed by atoms with van der Waals surface area (Å²) in [6.07, 6.45) is -1.21. The van der Waals surface area contributed by atoms with Crippen LogP contribution in [-0.4, -0.2) is 30.5 Å². The van der Waals surface area contributed by atoms with Crippen LogP contribution in [0.15, 0.2) is 0 Å². The van der Waals surface area contributed by atoms with Crippen LogP contribution in [0.25, 0.3) is 0 Å². The Morgan fingerprint density at radius 3 is 2.75 bits per heavy atom. The minimum atomic E-state index is -1.28. The predicted molar refractivity (Wildman–Crippen MR) is 40.3 cm³/mol. The molecule has 0 aromatic rings. The Morgan fingerprint density at radius 2 is 2.25 bits per heavy atom. The number of carbonyl (C=O) groups is 1.